The second-order valence-electron chi connectivity index (χ2n) is 6.29. The zero-order valence-electron chi connectivity index (χ0n) is 15.0. The smallest absolute Gasteiger partial charge is 0.269 e. The number of nitrogens with zero attached hydrogens (tertiary/aromatic N) is 3. The highest BCUT2D eigenvalue weighted by Crippen LogP contribution is 2.34. The van der Waals surface area contributed by atoms with E-state index in [1.807, 2.05) is 30.3 Å². The van der Waals surface area contributed by atoms with Crippen molar-refractivity contribution in [2.24, 2.45) is 0 Å². The molecule has 7 heteroatoms. The highest BCUT2D eigenvalue weighted by atomic mass is 19.1. The van der Waals surface area contributed by atoms with Gasteiger partial charge in [-0.15, -0.1) is 0 Å². The van der Waals surface area contributed by atoms with Gasteiger partial charge in [-0.25, -0.2) is 9.07 Å². The predicted octanol–water partition coefficient (Wildman–Crippen LogP) is 5.07. The highest BCUT2D eigenvalue weighted by Gasteiger charge is 2.21. The Kier molecular flexibility index (Phi) is 4.70. The number of halogens is 1. The van der Waals surface area contributed by atoms with Gasteiger partial charge in [0.2, 0.25) is 0 Å². The Morgan fingerprint density at radius 2 is 1.52 bits per heavy atom. The molecule has 29 heavy (non-hydrogen) atoms. The zero-order valence-corrected chi connectivity index (χ0v) is 15.0. The van der Waals surface area contributed by atoms with Crippen LogP contribution in [0.5, 0.6) is 0 Å². The van der Waals surface area contributed by atoms with Gasteiger partial charge >= 0.3 is 0 Å². The number of non-ortho nitro benzene ring substituents is 1. The molecule has 142 valence electrons. The van der Waals surface area contributed by atoms with Gasteiger partial charge in [0.1, 0.15) is 11.5 Å². The topological polar surface area (TPSA) is 78.0 Å². The summed E-state index contributed by atoms with van der Waals surface area (Å²) in [5, 5.41) is 15.5. The lowest BCUT2D eigenvalue weighted by molar-refractivity contribution is -0.384. The number of carbonyl (C=O) groups is 1. The van der Waals surface area contributed by atoms with E-state index in [2.05, 4.69) is 5.10 Å². The molecule has 4 rings (SSSR count). The summed E-state index contributed by atoms with van der Waals surface area (Å²) >= 11 is 0. The van der Waals surface area contributed by atoms with Crippen LogP contribution in [-0.2, 0) is 0 Å². The third kappa shape index (κ3) is 3.41. The lowest BCUT2D eigenvalue weighted by atomic mass is 10.0. The molecule has 4 aromatic rings. The maximum atomic E-state index is 13.4. The van der Waals surface area contributed by atoms with Crippen molar-refractivity contribution < 1.29 is 14.1 Å². The molecule has 0 unspecified atom stereocenters. The molecule has 0 spiro atoms. The number of nitro benzene ring substituents is 1. The Hall–Kier alpha value is -4.13. The highest BCUT2D eigenvalue weighted by molar-refractivity contribution is 5.95. The number of hydrogen-bond donors (Lipinski definition) is 0. The molecule has 0 aliphatic rings. The Morgan fingerprint density at radius 1 is 0.897 bits per heavy atom. The van der Waals surface area contributed by atoms with E-state index < -0.39 is 4.92 Å². The van der Waals surface area contributed by atoms with Gasteiger partial charge in [-0.3, -0.25) is 14.9 Å². The molecule has 6 nitrogen and oxygen atoms in total. The summed E-state index contributed by atoms with van der Waals surface area (Å²) in [7, 11) is 0. The number of nitro groups is 1. The van der Waals surface area contributed by atoms with E-state index in [1.165, 1.54) is 24.3 Å². The van der Waals surface area contributed by atoms with Crippen LogP contribution in [0.2, 0.25) is 0 Å². The summed E-state index contributed by atoms with van der Waals surface area (Å²) < 4.78 is 15.1. The lowest BCUT2D eigenvalue weighted by Crippen LogP contribution is -1.99. The Balaban J connectivity index is 1.96. The molecule has 3 aromatic carbocycles. The van der Waals surface area contributed by atoms with Crippen LogP contribution in [0.25, 0.3) is 28.2 Å². The van der Waals surface area contributed by atoms with Gasteiger partial charge in [-0.1, -0.05) is 18.2 Å². The minimum atomic E-state index is -0.489. The standard InChI is InChI=1S/C22H14FN3O3/c23-17-10-6-16(7-11-17)22-20(14-27)21(15-8-12-19(13-9-15)26(28)29)24-25(22)18-4-2-1-3-5-18/h1-14H. The maximum absolute atomic E-state index is 13.4. The molecule has 0 amide bonds. The van der Waals surface area contributed by atoms with Crippen molar-refractivity contribution in [1.82, 2.24) is 9.78 Å². The number of carbonyl (C=O) groups excluding carboxylic acids is 1. The maximum Gasteiger partial charge on any atom is 0.269 e. The van der Waals surface area contributed by atoms with Crippen LogP contribution in [0, 0.1) is 15.9 Å². The number of benzene rings is 3. The van der Waals surface area contributed by atoms with E-state index in [1.54, 1.807) is 28.9 Å². The second-order valence-corrected chi connectivity index (χ2v) is 6.29. The van der Waals surface area contributed by atoms with E-state index in [9.17, 15) is 19.3 Å². The van der Waals surface area contributed by atoms with Crippen molar-refractivity contribution in [1.29, 1.82) is 0 Å². The minimum Gasteiger partial charge on any atom is -0.298 e. The van der Waals surface area contributed by atoms with Crippen LogP contribution in [0.4, 0.5) is 10.1 Å². The minimum absolute atomic E-state index is 0.0531. The fourth-order valence-electron chi connectivity index (χ4n) is 3.14. The molecule has 0 N–H and O–H groups in total. The van der Waals surface area contributed by atoms with Crippen LogP contribution in [0.1, 0.15) is 10.4 Å². The number of aldehydes is 1. The summed E-state index contributed by atoms with van der Waals surface area (Å²) in [6.07, 6.45) is 0.696. The van der Waals surface area contributed by atoms with Crippen LogP contribution < -0.4 is 0 Å². The third-order valence-electron chi connectivity index (χ3n) is 4.51. The molecule has 0 fully saturated rings. The third-order valence-corrected chi connectivity index (χ3v) is 4.51. The van der Waals surface area contributed by atoms with Crippen molar-refractivity contribution in [2.45, 2.75) is 0 Å². The average Bonchev–Trinajstić information content (AvgIpc) is 3.14. The van der Waals surface area contributed by atoms with Crippen LogP contribution in [0.3, 0.4) is 0 Å². The van der Waals surface area contributed by atoms with Crippen molar-refractivity contribution in [3.05, 3.63) is 100 Å². The monoisotopic (exact) mass is 387 g/mol. The van der Waals surface area contributed by atoms with Gasteiger partial charge in [0.25, 0.3) is 5.69 Å². The first-order valence-corrected chi connectivity index (χ1v) is 8.73. The summed E-state index contributed by atoms with van der Waals surface area (Å²) in [5.74, 6) is -0.386. The van der Waals surface area contributed by atoms with Gasteiger partial charge in [-0.05, 0) is 48.5 Å². The molecule has 0 saturated carbocycles. The molecule has 0 bridgehead atoms. The molecule has 0 aliphatic heterocycles. The number of aromatic nitrogens is 2. The normalized spacial score (nSPS) is 10.7. The van der Waals surface area contributed by atoms with Crippen LogP contribution in [-0.4, -0.2) is 21.0 Å². The Bertz CT molecular complexity index is 1180. The van der Waals surface area contributed by atoms with Crippen LogP contribution >= 0.6 is 0 Å². The summed E-state index contributed by atoms with van der Waals surface area (Å²) in [6.45, 7) is 0. The van der Waals surface area contributed by atoms with Gasteiger partial charge in [0.05, 0.1) is 21.9 Å². The largest absolute Gasteiger partial charge is 0.298 e. The van der Waals surface area contributed by atoms with Crippen molar-refractivity contribution in [3.63, 3.8) is 0 Å². The Labute approximate surface area is 165 Å². The van der Waals surface area contributed by atoms with Gasteiger partial charge in [-0.2, -0.15) is 5.10 Å². The van der Waals surface area contributed by atoms with Crippen molar-refractivity contribution >= 4 is 12.0 Å². The first-order valence-electron chi connectivity index (χ1n) is 8.73. The fraction of sp³-hybridized carbons (Fsp3) is 0. The van der Waals surface area contributed by atoms with E-state index in [0.29, 0.717) is 34.4 Å². The summed E-state index contributed by atoms with van der Waals surface area (Å²) in [6, 6.07) is 20.9. The van der Waals surface area contributed by atoms with E-state index in [4.69, 9.17) is 0 Å². The second kappa shape index (κ2) is 7.47. The first-order chi connectivity index (χ1) is 14.1. The fourth-order valence-corrected chi connectivity index (χ4v) is 3.14. The lowest BCUT2D eigenvalue weighted by Gasteiger charge is -2.08. The molecule has 1 heterocycles. The number of rotatable bonds is 5. The SMILES string of the molecule is O=Cc1c(-c2ccc([N+](=O)[O-])cc2)nn(-c2ccccc2)c1-c1ccc(F)cc1. The van der Waals surface area contributed by atoms with Gasteiger partial charge < -0.3 is 0 Å². The van der Waals surface area contributed by atoms with Gasteiger partial charge in [0.15, 0.2) is 6.29 Å². The number of hydrogen-bond acceptors (Lipinski definition) is 4. The Morgan fingerprint density at radius 3 is 2.10 bits per heavy atom. The van der Waals surface area contributed by atoms with Gasteiger partial charge in [0, 0.05) is 23.3 Å². The first kappa shape index (κ1) is 18.2. The molecule has 0 atom stereocenters. The molecular weight excluding hydrogens is 373 g/mol. The van der Waals surface area contributed by atoms with E-state index in [-0.39, 0.29) is 11.5 Å². The molecular formula is C22H14FN3O3. The van der Waals surface area contributed by atoms with E-state index >= 15 is 0 Å². The van der Waals surface area contributed by atoms with Crippen molar-refractivity contribution in [2.75, 3.05) is 0 Å². The molecule has 0 aliphatic carbocycles. The molecule has 0 saturated heterocycles. The molecule has 0 radical (unpaired) electrons. The van der Waals surface area contributed by atoms with Crippen molar-refractivity contribution in [3.8, 4) is 28.2 Å². The average molecular weight is 387 g/mol. The molecule has 1 aromatic heterocycles. The quantitative estimate of drug-likeness (QED) is 0.272. The summed E-state index contributed by atoms with van der Waals surface area (Å²) in [5.41, 5.74) is 3.08. The zero-order chi connectivity index (χ0) is 20.4. The summed E-state index contributed by atoms with van der Waals surface area (Å²) in [4.78, 5) is 22.5. The van der Waals surface area contributed by atoms with Crippen LogP contribution in [0.15, 0.2) is 78.9 Å². The predicted molar refractivity (Wildman–Crippen MR) is 106 cm³/mol. The van der Waals surface area contributed by atoms with E-state index in [0.717, 1.165) is 5.69 Å². The number of para-hydroxylation sites is 1.